The molecule has 2 unspecified atom stereocenters. The zero-order valence-corrected chi connectivity index (χ0v) is 10.2. The van der Waals surface area contributed by atoms with E-state index < -0.39 is 0 Å². The zero-order valence-electron chi connectivity index (χ0n) is 10.2. The van der Waals surface area contributed by atoms with Crippen LogP contribution in [0, 0.1) is 12.8 Å². The maximum atomic E-state index is 4.42. The first-order chi connectivity index (χ1) is 7.69. The smallest absolute Gasteiger partial charge is 0.224 e. The predicted octanol–water partition coefficient (Wildman–Crippen LogP) is 2.43. The van der Waals surface area contributed by atoms with Gasteiger partial charge in [-0.1, -0.05) is 13.3 Å². The van der Waals surface area contributed by atoms with Crippen molar-refractivity contribution in [1.82, 2.24) is 9.97 Å². The molecule has 1 heterocycles. The van der Waals surface area contributed by atoms with Gasteiger partial charge in [0.15, 0.2) is 0 Å². The van der Waals surface area contributed by atoms with Gasteiger partial charge < -0.3 is 10.6 Å². The highest BCUT2D eigenvalue weighted by molar-refractivity contribution is 5.42. The maximum Gasteiger partial charge on any atom is 0.224 e. The molecule has 0 aromatic carbocycles. The molecule has 2 atom stereocenters. The Kier molecular flexibility index (Phi) is 3.27. The molecule has 1 aromatic heterocycles. The first-order valence-electron chi connectivity index (χ1n) is 5.99. The molecule has 88 valence electrons. The van der Waals surface area contributed by atoms with Gasteiger partial charge in [-0.15, -0.1) is 0 Å². The summed E-state index contributed by atoms with van der Waals surface area (Å²) in [6, 6.07) is 2.57. The molecule has 1 aliphatic carbocycles. The van der Waals surface area contributed by atoms with Crippen molar-refractivity contribution < 1.29 is 0 Å². The summed E-state index contributed by atoms with van der Waals surface area (Å²) in [4.78, 5) is 8.70. The van der Waals surface area contributed by atoms with Crippen LogP contribution in [0.1, 0.15) is 31.9 Å². The van der Waals surface area contributed by atoms with Crippen molar-refractivity contribution in [2.75, 3.05) is 17.7 Å². The second kappa shape index (κ2) is 4.68. The van der Waals surface area contributed by atoms with Gasteiger partial charge in [-0.05, 0) is 25.7 Å². The lowest BCUT2D eigenvalue weighted by Gasteiger charge is -2.18. The first kappa shape index (κ1) is 11.2. The first-order valence-corrected chi connectivity index (χ1v) is 5.99. The Bertz CT molecular complexity index is 364. The van der Waals surface area contributed by atoms with Gasteiger partial charge in [0.1, 0.15) is 5.82 Å². The summed E-state index contributed by atoms with van der Waals surface area (Å²) in [6.07, 6.45) is 3.89. The molecule has 0 bridgehead atoms. The molecule has 1 fully saturated rings. The standard InChI is InChI=1S/C12H20N4/c1-8-5-4-6-10(8)15-11-7-9(2)14-12(13-3)16-11/h7-8,10H,4-6H2,1-3H3,(H2,13,14,15,16). The highest BCUT2D eigenvalue weighted by Gasteiger charge is 2.23. The topological polar surface area (TPSA) is 49.8 Å². The van der Waals surface area contributed by atoms with E-state index in [9.17, 15) is 0 Å². The Morgan fingerprint density at radius 1 is 1.31 bits per heavy atom. The monoisotopic (exact) mass is 220 g/mol. The van der Waals surface area contributed by atoms with E-state index >= 15 is 0 Å². The number of hydrogen-bond acceptors (Lipinski definition) is 4. The van der Waals surface area contributed by atoms with E-state index in [0.29, 0.717) is 12.0 Å². The molecule has 0 amide bonds. The van der Waals surface area contributed by atoms with Gasteiger partial charge in [-0.3, -0.25) is 0 Å². The van der Waals surface area contributed by atoms with Crippen LogP contribution in [0.3, 0.4) is 0 Å². The molecule has 0 radical (unpaired) electrons. The molecule has 0 aliphatic heterocycles. The summed E-state index contributed by atoms with van der Waals surface area (Å²) in [5.74, 6) is 2.37. The molecule has 4 nitrogen and oxygen atoms in total. The summed E-state index contributed by atoms with van der Waals surface area (Å²) in [7, 11) is 1.84. The Morgan fingerprint density at radius 3 is 2.75 bits per heavy atom. The van der Waals surface area contributed by atoms with Crippen LogP contribution in [-0.4, -0.2) is 23.1 Å². The van der Waals surface area contributed by atoms with E-state index in [4.69, 9.17) is 0 Å². The highest BCUT2D eigenvalue weighted by atomic mass is 15.1. The molecule has 0 saturated heterocycles. The Morgan fingerprint density at radius 2 is 2.12 bits per heavy atom. The number of aryl methyl sites for hydroxylation is 1. The summed E-state index contributed by atoms with van der Waals surface area (Å²) in [6.45, 7) is 4.30. The summed E-state index contributed by atoms with van der Waals surface area (Å²) < 4.78 is 0. The van der Waals surface area contributed by atoms with E-state index in [1.54, 1.807) is 0 Å². The van der Waals surface area contributed by atoms with E-state index in [1.807, 2.05) is 20.0 Å². The summed E-state index contributed by atoms with van der Waals surface area (Å²) in [5.41, 5.74) is 0.993. The van der Waals surface area contributed by atoms with Crippen LogP contribution >= 0.6 is 0 Å². The predicted molar refractivity (Wildman–Crippen MR) is 66.7 cm³/mol. The minimum Gasteiger partial charge on any atom is -0.367 e. The van der Waals surface area contributed by atoms with E-state index in [0.717, 1.165) is 17.4 Å². The quantitative estimate of drug-likeness (QED) is 0.821. The third kappa shape index (κ3) is 2.43. The highest BCUT2D eigenvalue weighted by Crippen LogP contribution is 2.27. The average molecular weight is 220 g/mol. The van der Waals surface area contributed by atoms with Crippen LogP contribution < -0.4 is 10.6 Å². The number of anilines is 2. The van der Waals surface area contributed by atoms with Crippen molar-refractivity contribution >= 4 is 11.8 Å². The Balaban J connectivity index is 2.11. The maximum absolute atomic E-state index is 4.42. The van der Waals surface area contributed by atoms with Crippen LogP contribution in [0.5, 0.6) is 0 Å². The van der Waals surface area contributed by atoms with E-state index in [2.05, 4.69) is 27.5 Å². The van der Waals surface area contributed by atoms with Gasteiger partial charge in [0.25, 0.3) is 0 Å². The fourth-order valence-electron chi connectivity index (χ4n) is 2.30. The molecule has 0 spiro atoms. The lowest BCUT2D eigenvalue weighted by molar-refractivity contribution is 0.555. The third-order valence-electron chi connectivity index (χ3n) is 3.27. The molecular weight excluding hydrogens is 200 g/mol. The van der Waals surface area contributed by atoms with Gasteiger partial charge in [0.05, 0.1) is 0 Å². The minimum atomic E-state index is 0.569. The second-order valence-corrected chi connectivity index (χ2v) is 4.63. The summed E-state index contributed by atoms with van der Waals surface area (Å²) in [5, 5.41) is 6.50. The van der Waals surface area contributed by atoms with Crippen molar-refractivity contribution in [2.24, 2.45) is 5.92 Å². The van der Waals surface area contributed by atoms with E-state index in [-0.39, 0.29) is 0 Å². The second-order valence-electron chi connectivity index (χ2n) is 4.63. The number of nitrogens with zero attached hydrogens (tertiary/aromatic N) is 2. The molecule has 16 heavy (non-hydrogen) atoms. The lowest BCUT2D eigenvalue weighted by Crippen LogP contribution is -2.22. The molecule has 2 N–H and O–H groups in total. The van der Waals surface area contributed by atoms with Gasteiger partial charge in [-0.2, -0.15) is 4.98 Å². The van der Waals surface area contributed by atoms with Gasteiger partial charge in [-0.25, -0.2) is 4.98 Å². The van der Waals surface area contributed by atoms with Crippen LogP contribution in [0.25, 0.3) is 0 Å². The Hall–Kier alpha value is -1.32. The molecule has 1 saturated carbocycles. The largest absolute Gasteiger partial charge is 0.367 e. The fraction of sp³-hybridized carbons (Fsp3) is 0.667. The van der Waals surface area contributed by atoms with Crippen molar-refractivity contribution in [3.8, 4) is 0 Å². The number of aromatic nitrogens is 2. The van der Waals surface area contributed by atoms with Crippen LogP contribution in [0.2, 0.25) is 0 Å². The number of rotatable bonds is 3. The molecule has 2 rings (SSSR count). The Labute approximate surface area is 96.9 Å². The van der Waals surface area contributed by atoms with Crippen LogP contribution in [0.4, 0.5) is 11.8 Å². The fourth-order valence-corrected chi connectivity index (χ4v) is 2.30. The normalized spacial score (nSPS) is 24.4. The number of hydrogen-bond donors (Lipinski definition) is 2. The molecular formula is C12H20N4. The average Bonchev–Trinajstić information content (AvgIpc) is 2.63. The molecule has 1 aromatic rings. The van der Waals surface area contributed by atoms with Crippen molar-refractivity contribution in [3.05, 3.63) is 11.8 Å². The number of nitrogens with one attached hydrogen (secondary N) is 2. The van der Waals surface area contributed by atoms with Gasteiger partial charge in [0.2, 0.25) is 5.95 Å². The van der Waals surface area contributed by atoms with Gasteiger partial charge in [0, 0.05) is 24.8 Å². The minimum absolute atomic E-state index is 0.569. The van der Waals surface area contributed by atoms with Crippen molar-refractivity contribution in [1.29, 1.82) is 0 Å². The van der Waals surface area contributed by atoms with Gasteiger partial charge >= 0.3 is 0 Å². The van der Waals surface area contributed by atoms with Crippen molar-refractivity contribution in [3.63, 3.8) is 0 Å². The van der Waals surface area contributed by atoms with Crippen LogP contribution in [0.15, 0.2) is 6.07 Å². The summed E-state index contributed by atoms with van der Waals surface area (Å²) >= 11 is 0. The lowest BCUT2D eigenvalue weighted by atomic mass is 10.1. The van der Waals surface area contributed by atoms with Crippen LogP contribution in [-0.2, 0) is 0 Å². The molecule has 1 aliphatic rings. The molecule has 4 heteroatoms. The SMILES string of the molecule is CNc1nc(C)cc(NC2CCCC2C)n1. The zero-order chi connectivity index (χ0) is 11.5. The van der Waals surface area contributed by atoms with Crippen molar-refractivity contribution in [2.45, 2.75) is 39.2 Å². The van der Waals surface area contributed by atoms with E-state index in [1.165, 1.54) is 19.3 Å². The third-order valence-corrected chi connectivity index (χ3v) is 3.27.